The number of hydrogen-bond donors (Lipinski definition) is 3. The maximum Gasteiger partial charge on any atom is 0.272 e. The molecule has 0 spiro atoms. The SMILES string of the molecule is COc1cccc2c1c(NS(=O)(=O)c1ccc(Cl)s1)nn2Cc1cccc(CNC(=O)C(C)(C)O)c1.[Na]. The van der Waals surface area contributed by atoms with Gasteiger partial charge < -0.3 is 15.2 Å². The van der Waals surface area contributed by atoms with E-state index in [1.165, 1.54) is 33.1 Å². The fourth-order valence-corrected chi connectivity index (χ4v) is 6.08. The molecule has 2 heterocycles. The summed E-state index contributed by atoms with van der Waals surface area (Å²) in [4.78, 5) is 12.0. The fourth-order valence-electron chi connectivity index (χ4n) is 3.59. The molecule has 0 fully saturated rings. The van der Waals surface area contributed by atoms with Crippen molar-refractivity contribution in [3.63, 3.8) is 0 Å². The van der Waals surface area contributed by atoms with E-state index in [0.717, 1.165) is 22.5 Å². The molecule has 0 aliphatic carbocycles. The number of aliphatic hydroxyl groups is 1. The summed E-state index contributed by atoms with van der Waals surface area (Å²) in [5.41, 5.74) is 0.936. The second-order valence-electron chi connectivity index (χ2n) is 8.59. The normalized spacial score (nSPS) is 11.7. The number of nitrogens with zero attached hydrogens (tertiary/aromatic N) is 2. The standard InChI is InChI=1S/C24H25ClN4O5S2.Na/c1-24(2,31)23(30)26-13-15-6-4-7-16(12-15)14-29-17-8-5-9-18(34-3)21(17)22(27-29)28-36(32,33)20-11-10-19(25)35-20;/h4-12,31H,13-14H2,1-3H3,(H,26,30)(H,27,28);. The average molecular weight is 572 g/mol. The Morgan fingerprint density at radius 2 is 1.86 bits per heavy atom. The van der Waals surface area contributed by atoms with Crippen molar-refractivity contribution < 1.29 is 23.1 Å². The quantitative estimate of drug-likeness (QED) is 0.264. The van der Waals surface area contributed by atoms with Gasteiger partial charge in [0.2, 0.25) is 0 Å². The first-order valence-electron chi connectivity index (χ1n) is 10.9. The van der Waals surface area contributed by atoms with Crippen LogP contribution in [0.15, 0.2) is 58.8 Å². The van der Waals surface area contributed by atoms with Crippen molar-refractivity contribution in [3.8, 4) is 5.75 Å². The van der Waals surface area contributed by atoms with E-state index in [0.29, 0.717) is 27.5 Å². The predicted molar refractivity (Wildman–Crippen MR) is 146 cm³/mol. The largest absolute Gasteiger partial charge is 0.496 e. The smallest absolute Gasteiger partial charge is 0.272 e. The monoisotopic (exact) mass is 571 g/mol. The maximum atomic E-state index is 13.0. The van der Waals surface area contributed by atoms with Crippen molar-refractivity contribution in [3.05, 3.63) is 70.1 Å². The number of sulfonamides is 1. The molecular weight excluding hydrogens is 547 g/mol. The number of anilines is 1. The van der Waals surface area contributed by atoms with E-state index in [1.807, 2.05) is 30.3 Å². The molecule has 2 aromatic heterocycles. The van der Waals surface area contributed by atoms with E-state index in [2.05, 4.69) is 15.1 Å². The number of amides is 1. The first-order chi connectivity index (χ1) is 17.0. The number of benzene rings is 2. The van der Waals surface area contributed by atoms with Gasteiger partial charge in [-0.25, -0.2) is 8.42 Å². The first-order valence-corrected chi connectivity index (χ1v) is 13.6. The Hall–Kier alpha value is -2.12. The Morgan fingerprint density at radius 3 is 2.51 bits per heavy atom. The van der Waals surface area contributed by atoms with Gasteiger partial charge in [-0.05, 0) is 49.2 Å². The molecule has 0 saturated carbocycles. The second-order valence-corrected chi connectivity index (χ2v) is 12.2. The van der Waals surface area contributed by atoms with E-state index >= 15 is 0 Å². The number of rotatable bonds is 9. The number of nitrogens with one attached hydrogen (secondary N) is 2. The minimum atomic E-state index is -3.91. The van der Waals surface area contributed by atoms with Crippen molar-refractivity contribution in [2.75, 3.05) is 11.8 Å². The summed E-state index contributed by atoms with van der Waals surface area (Å²) in [7, 11) is -2.40. The van der Waals surface area contributed by atoms with Gasteiger partial charge in [0.25, 0.3) is 15.9 Å². The van der Waals surface area contributed by atoms with Gasteiger partial charge in [0.15, 0.2) is 5.82 Å². The molecule has 0 bridgehead atoms. The number of ether oxygens (including phenoxy) is 1. The van der Waals surface area contributed by atoms with Gasteiger partial charge in [-0.1, -0.05) is 41.9 Å². The fraction of sp³-hybridized carbons (Fsp3) is 0.250. The number of carbonyl (C=O) groups excluding carboxylic acids is 1. The zero-order valence-electron chi connectivity index (χ0n) is 20.8. The van der Waals surface area contributed by atoms with Crippen molar-refractivity contribution in [2.24, 2.45) is 0 Å². The third-order valence-corrected chi connectivity index (χ3v) is 8.40. The molecule has 9 nitrogen and oxygen atoms in total. The van der Waals surface area contributed by atoms with Gasteiger partial charge in [-0.2, -0.15) is 5.10 Å². The van der Waals surface area contributed by atoms with Crippen LogP contribution in [-0.4, -0.2) is 71.5 Å². The Balaban J connectivity index is 0.00000380. The second kappa shape index (κ2) is 11.7. The van der Waals surface area contributed by atoms with Crippen LogP contribution in [-0.2, 0) is 27.9 Å². The van der Waals surface area contributed by atoms with Crippen LogP contribution in [0.1, 0.15) is 25.0 Å². The first kappa shape index (κ1) is 29.4. The summed E-state index contributed by atoms with van der Waals surface area (Å²) in [6.45, 7) is 3.44. The molecule has 2 aromatic carbocycles. The summed E-state index contributed by atoms with van der Waals surface area (Å²) in [6.07, 6.45) is 0. The molecule has 191 valence electrons. The van der Waals surface area contributed by atoms with Gasteiger partial charge in [0, 0.05) is 36.1 Å². The molecule has 0 unspecified atom stereocenters. The molecule has 0 saturated heterocycles. The van der Waals surface area contributed by atoms with Crippen LogP contribution in [0.3, 0.4) is 0 Å². The summed E-state index contributed by atoms with van der Waals surface area (Å²) >= 11 is 6.88. The number of methoxy groups -OCH3 is 1. The Kier molecular flexibility index (Phi) is 9.33. The van der Waals surface area contributed by atoms with E-state index in [4.69, 9.17) is 16.3 Å². The van der Waals surface area contributed by atoms with Crippen molar-refractivity contribution in [1.82, 2.24) is 15.1 Å². The van der Waals surface area contributed by atoms with Crippen LogP contribution in [0.2, 0.25) is 4.34 Å². The summed E-state index contributed by atoms with van der Waals surface area (Å²) in [5, 5.41) is 17.6. The third kappa shape index (κ3) is 6.85. The van der Waals surface area contributed by atoms with Crippen LogP contribution in [0, 0.1) is 0 Å². The number of aromatic nitrogens is 2. The van der Waals surface area contributed by atoms with E-state index in [-0.39, 0.29) is 46.1 Å². The molecule has 4 aromatic rings. The van der Waals surface area contributed by atoms with Gasteiger partial charge >= 0.3 is 0 Å². The zero-order chi connectivity index (χ0) is 26.1. The number of thiophene rings is 1. The van der Waals surface area contributed by atoms with Crippen LogP contribution in [0.25, 0.3) is 10.9 Å². The van der Waals surface area contributed by atoms with Gasteiger partial charge in [-0.15, -0.1) is 11.3 Å². The molecule has 3 N–H and O–H groups in total. The minimum absolute atomic E-state index is 0. The Labute approximate surface area is 246 Å². The molecule has 1 radical (unpaired) electrons. The number of hydrogen-bond acceptors (Lipinski definition) is 7. The molecule has 0 aliphatic rings. The number of carbonyl (C=O) groups is 1. The van der Waals surface area contributed by atoms with Crippen molar-refractivity contribution >= 4 is 85.1 Å². The summed E-state index contributed by atoms with van der Waals surface area (Å²) in [6, 6.07) is 15.9. The Morgan fingerprint density at radius 1 is 1.16 bits per heavy atom. The number of halogens is 1. The summed E-state index contributed by atoms with van der Waals surface area (Å²) < 4.78 is 36.1. The molecule has 0 atom stereocenters. The minimum Gasteiger partial charge on any atom is -0.496 e. The maximum absolute atomic E-state index is 13.0. The van der Waals surface area contributed by atoms with E-state index < -0.39 is 21.5 Å². The van der Waals surface area contributed by atoms with Gasteiger partial charge in [0.1, 0.15) is 15.6 Å². The molecule has 0 aliphatic heterocycles. The Bertz CT molecular complexity index is 1530. The van der Waals surface area contributed by atoms with Crippen LogP contribution in [0.5, 0.6) is 5.75 Å². The molecule has 4 rings (SSSR count). The van der Waals surface area contributed by atoms with Crippen molar-refractivity contribution in [1.29, 1.82) is 0 Å². The van der Waals surface area contributed by atoms with Gasteiger partial charge in [0.05, 0.1) is 28.9 Å². The number of fused-ring (bicyclic) bond motifs is 1. The molecule has 1 amide bonds. The average Bonchev–Trinajstić information content (AvgIpc) is 3.41. The van der Waals surface area contributed by atoms with Crippen molar-refractivity contribution in [2.45, 2.75) is 36.7 Å². The van der Waals surface area contributed by atoms with E-state index in [9.17, 15) is 18.3 Å². The van der Waals surface area contributed by atoms with Crippen LogP contribution in [0.4, 0.5) is 5.82 Å². The zero-order valence-corrected chi connectivity index (χ0v) is 25.2. The third-order valence-electron chi connectivity index (χ3n) is 5.34. The van der Waals surface area contributed by atoms with Gasteiger partial charge in [-0.3, -0.25) is 14.2 Å². The molecule has 37 heavy (non-hydrogen) atoms. The van der Waals surface area contributed by atoms with Crippen LogP contribution < -0.4 is 14.8 Å². The summed E-state index contributed by atoms with van der Waals surface area (Å²) in [5.74, 6) is 0.145. The van der Waals surface area contributed by atoms with E-state index in [1.54, 1.807) is 16.8 Å². The predicted octanol–water partition coefficient (Wildman–Crippen LogP) is 3.62. The van der Waals surface area contributed by atoms with Crippen LogP contribution >= 0.6 is 22.9 Å². The molecular formula is C24H25ClN4NaO5S2. The topological polar surface area (TPSA) is 123 Å². The molecule has 13 heteroatoms.